The molecule has 0 amide bonds. The van der Waals surface area contributed by atoms with Crippen LogP contribution in [0, 0.1) is 0 Å². The summed E-state index contributed by atoms with van der Waals surface area (Å²) in [5.41, 5.74) is 0.721. The van der Waals surface area contributed by atoms with E-state index in [4.69, 9.17) is 4.42 Å². The molecule has 3 heteroatoms. The Kier molecular flexibility index (Phi) is 2.09. The van der Waals surface area contributed by atoms with Gasteiger partial charge in [0.05, 0.1) is 0 Å². The highest BCUT2D eigenvalue weighted by Crippen LogP contribution is 2.31. The molecule has 86 valence electrons. The van der Waals surface area contributed by atoms with Gasteiger partial charge in [-0.3, -0.25) is 0 Å². The van der Waals surface area contributed by atoms with E-state index in [9.17, 15) is 10.2 Å². The zero-order chi connectivity index (χ0) is 12.0. The van der Waals surface area contributed by atoms with Crippen LogP contribution >= 0.6 is 0 Å². The molecule has 2 N–H and O–H groups in total. The molecule has 0 saturated carbocycles. The fourth-order valence-electron chi connectivity index (χ4n) is 2.02. The van der Waals surface area contributed by atoms with E-state index in [1.54, 1.807) is 25.1 Å². The number of rotatable bonds is 1. The van der Waals surface area contributed by atoms with Crippen molar-refractivity contribution in [3.05, 3.63) is 42.2 Å². The van der Waals surface area contributed by atoms with Gasteiger partial charge in [0.25, 0.3) is 0 Å². The van der Waals surface area contributed by atoms with Gasteiger partial charge < -0.3 is 14.6 Å². The van der Waals surface area contributed by atoms with Gasteiger partial charge in [0, 0.05) is 10.8 Å². The van der Waals surface area contributed by atoms with Crippen LogP contribution in [-0.2, 0) is 0 Å². The number of hydrogen-bond acceptors (Lipinski definition) is 3. The lowest BCUT2D eigenvalue weighted by Crippen LogP contribution is -1.85. The average Bonchev–Trinajstić information content (AvgIpc) is 2.70. The maximum Gasteiger partial charge on any atom is 0.135 e. The largest absolute Gasteiger partial charge is 0.507 e. The van der Waals surface area contributed by atoms with E-state index in [1.807, 2.05) is 18.2 Å². The monoisotopic (exact) mass is 228 g/mol. The molecule has 0 radical (unpaired) electrons. The Bertz CT molecular complexity index is 695. The van der Waals surface area contributed by atoms with Crippen molar-refractivity contribution in [2.75, 3.05) is 0 Å². The van der Waals surface area contributed by atoms with E-state index in [0.717, 1.165) is 21.7 Å². The molecule has 3 nitrogen and oxygen atoms in total. The van der Waals surface area contributed by atoms with Crippen LogP contribution in [0.15, 0.2) is 40.8 Å². The lowest BCUT2D eigenvalue weighted by molar-refractivity contribution is 0.172. The van der Waals surface area contributed by atoms with Gasteiger partial charge in [0.15, 0.2) is 0 Å². The fourth-order valence-corrected chi connectivity index (χ4v) is 2.02. The van der Waals surface area contributed by atoms with Gasteiger partial charge in [-0.2, -0.15) is 0 Å². The van der Waals surface area contributed by atoms with Crippen molar-refractivity contribution in [3.63, 3.8) is 0 Å². The maximum absolute atomic E-state index is 9.77. The summed E-state index contributed by atoms with van der Waals surface area (Å²) in [7, 11) is 0. The maximum atomic E-state index is 9.77. The summed E-state index contributed by atoms with van der Waals surface area (Å²) in [5.74, 6) is 0.791. The van der Waals surface area contributed by atoms with Crippen LogP contribution in [0.5, 0.6) is 5.75 Å². The summed E-state index contributed by atoms with van der Waals surface area (Å²) in [4.78, 5) is 0. The highest BCUT2D eigenvalue weighted by molar-refractivity contribution is 5.99. The summed E-state index contributed by atoms with van der Waals surface area (Å²) < 4.78 is 5.55. The van der Waals surface area contributed by atoms with Gasteiger partial charge in [0.2, 0.25) is 0 Å². The molecule has 3 aromatic rings. The Morgan fingerprint density at radius 2 is 1.94 bits per heavy atom. The molecule has 0 aliphatic heterocycles. The summed E-state index contributed by atoms with van der Waals surface area (Å²) in [6, 6.07) is 10.9. The van der Waals surface area contributed by atoms with Crippen LogP contribution in [0.25, 0.3) is 21.7 Å². The van der Waals surface area contributed by atoms with Gasteiger partial charge in [0.1, 0.15) is 23.2 Å². The molecule has 1 unspecified atom stereocenters. The molecule has 1 aromatic heterocycles. The summed E-state index contributed by atoms with van der Waals surface area (Å²) in [5, 5.41) is 21.8. The van der Waals surface area contributed by atoms with Crippen molar-refractivity contribution < 1.29 is 14.6 Å². The molecule has 0 saturated heterocycles. The quantitative estimate of drug-likeness (QED) is 0.671. The Labute approximate surface area is 97.9 Å². The number of fused-ring (bicyclic) bond motifs is 2. The van der Waals surface area contributed by atoms with Crippen molar-refractivity contribution in [1.82, 2.24) is 0 Å². The smallest absolute Gasteiger partial charge is 0.135 e. The van der Waals surface area contributed by atoms with Crippen LogP contribution in [0.3, 0.4) is 0 Å². The third-order valence-corrected chi connectivity index (χ3v) is 2.93. The molecule has 1 atom stereocenters. The molecule has 2 aromatic carbocycles. The van der Waals surface area contributed by atoms with Crippen LogP contribution < -0.4 is 0 Å². The molecule has 0 aliphatic carbocycles. The lowest BCUT2D eigenvalue weighted by atomic mass is 10.1. The van der Waals surface area contributed by atoms with Gasteiger partial charge in [-0.05, 0) is 36.6 Å². The normalized spacial score (nSPS) is 13.3. The van der Waals surface area contributed by atoms with Gasteiger partial charge >= 0.3 is 0 Å². The Hall–Kier alpha value is -2.00. The predicted molar refractivity (Wildman–Crippen MR) is 66.0 cm³/mol. The number of aliphatic hydroxyl groups is 1. The minimum Gasteiger partial charge on any atom is -0.507 e. The minimum absolute atomic E-state index is 0.254. The van der Waals surface area contributed by atoms with E-state index >= 15 is 0 Å². The van der Waals surface area contributed by atoms with E-state index in [-0.39, 0.29) is 5.75 Å². The van der Waals surface area contributed by atoms with Crippen molar-refractivity contribution in [3.8, 4) is 5.75 Å². The molecule has 0 spiro atoms. The fraction of sp³-hybridized carbons (Fsp3) is 0.143. The van der Waals surface area contributed by atoms with Crippen molar-refractivity contribution in [2.24, 2.45) is 0 Å². The lowest BCUT2D eigenvalue weighted by Gasteiger charge is -2.00. The van der Waals surface area contributed by atoms with Crippen molar-refractivity contribution in [2.45, 2.75) is 13.0 Å². The number of phenols is 1. The first-order valence-corrected chi connectivity index (χ1v) is 5.48. The highest BCUT2D eigenvalue weighted by Gasteiger charge is 2.10. The second-order valence-electron chi connectivity index (χ2n) is 4.21. The van der Waals surface area contributed by atoms with Gasteiger partial charge in [-0.25, -0.2) is 0 Å². The highest BCUT2D eigenvalue weighted by atomic mass is 16.4. The number of furan rings is 1. The molecule has 3 rings (SSSR count). The Morgan fingerprint density at radius 1 is 1.12 bits per heavy atom. The Morgan fingerprint density at radius 3 is 2.71 bits per heavy atom. The molecule has 0 fully saturated rings. The van der Waals surface area contributed by atoms with Crippen molar-refractivity contribution >= 4 is 21.7 Å². The average molecular weight is 228 g/mol. The standard InChI is InChI=1S/C14H12O3/c1-8(15)13-7-10-5-11-9(6-14(10)17-13)3-2-4-12(11)16/h2-8,15-16H,1H3. The molecular formula is C14H12O3. The topological polar surface area (TPSA) is 53.6 Å². The van der Waals surface area contributed by atoms with Crippen LogP contribution in [-0.4, -0.2) is 10.2 Å². The first-order chi connectivity index (χ1) is 8.15. The number of aliphatic hydroxyl groups excluding tert-OH is 1. The number of hydrogen-bond donors (Lipinski definition) is 2. The molecule has 17 heavy (non-hydrogen) atoms. The molecule has 1 heterocycles. The van der Waals surface area contributed by atoms with Crippen LogP contribution in [0.4, 0.5) is 0 Å². The van der Waals surface area contributed by atoms with Crippen LogP contribution in [0.2, 0.25) is 0 Å². The molecule has 0 bridgehead atoms. The first kappa shape index (κ1) is 10.2. The third kappa shape index (κ3) is 1.56. The van der Waals surface area contributed by atoms with Gasteiger partial charge in [-0.15, -0.1) is 0 Å². The number of aromatic hydroxyl groups is 1. The van der Waals surface area contributed by atoms with E-state index in [2.05, 4.69) is 0 Å². The van der Waals surface area contributed by atoms with E-state index < -0.39 is 6.10 Å². The zero-order valence-corrected chi connectivity index (χ0v) is 9.34. The Balaban J connectivity index is 2.36. The van der Waals surface area contributed by atoms with Gasteiger partial charge in [-0.1, -0.05) is 12.1 Å². The van der Waals surface area contributed by atoms with Crippen LogP contribution in [0.1, 0.15) is 18.8 Å². The second kappa shape index (κ2) is 3.50. The second-order valence-corrected chi connectivity index (χ2v) is 4.21. The minimum atomic E-state index is -0.626. The molecular weight excluding hydrogens is 216 g/mol. The first-order valence-electron chi connectivity index (χ1n) is 5.48. The summed E-state index contributed by atoms with van der Waals surface area (Å²) in [6.45, 7) is 1.66. The summed E-state index contributed by atoms with van der Waals surface area (Å²) in [6.07, 6.45) is -0.626. The third-order valence-electron chi connectivity index (χ3n) is 2.93. The summed E-state index contributed by atoms with van der Waals surface area (Å²) >= 11 is 0. The number of benzene rings is 2. The number of phenolic OH excluding ortho intramolecular Hbond substituents is 1. The SMILES string of the molecule is CC(O)c1cc2cc3c(O)cccc3cc2o1. The van der Waals surface area contributed by atoms with Crippen molar-refractivity contribution in [1.29, 1.82) is 0 Å². The predicted octanol–water partition coefficient (Wildman–Crippen LogP) is 3.34. The molecule has 0 aliphatic rings. The zero-order valence-electron chi connectivity index (χ0n) is 9.34. The van der Waals surface area contributed by atoms with E-state index in [0.29, 0.717) is 5.76 Å². The van der Waals surface area contributed by atoms with E-state index in [1.165, 1.54) is 0 Å².